The smallest absolute Gasteiger partial charge is 0.336 e. The number of amides is 1. The average molecular weight is 323 g/mol. The minimum Gasteiger partial charge on any atom is -0.481 e. The zero-order valence-corrected chi connectivity index (χ0v) is 13.4. The maximum atomic E-state index is 12.2. The fourth-order valence-electron chi connectivity index (χ4n) is 2.34. The summed E-state index contributed by atoms with van der Waals surface area (Å²) in [5, 5.41) is 3.60. The van der Waals surface area contributed by atoms with Gasteiger partial charge in [0, 0.05) is 23.2 Å². The van der Waals surface area contributed by atoms with Gasteiger partial charge in [0.15, 0.2) is 6.10 Å². The zero-order valence-electron chi connectivity index (χ0n) is 13.4. The van der Waals surface area contributed by atoms with Crippen molar-refractivity contribution in [1.82, 2.24) is 0 Å². The molecule has 1 unspecified atom stereocenters. The molecule has 1 amide bonds. The van der Waals surface area contributed by atoms with E-state index in [4.69, 9.17) is 9.15 Å². The number of hydrogen-bond donors (Lipinski definition) is 1. The van der Waals surface area contributed by atoms with E-state index in [0.29, 0.717) is 11.3 Å². The Labute approximate surface area is 138 Å². The van der Waals surface area contributed by atoms with Gasteiger partial charge >= 0.3 is 5.63 Å². The lowest BCUT2D eigenvalue weighted by Gasteiger charge is -2.15. The molecule has 1 atom stereocenters. The first-order valence-electron chi connectivity index (χ1n) is 7.59. The van der Waals surface area contributed by atoms with E-state index in [1.807, 2.05) is 31.2 Å². The van der Waals surface area contributed by atoms with Crippen molar-refractivity contribution in [3.8, 4) is 5.75 Å². The number of anilines is 1. The van der Waals surface area contributed by atoms with Crippen molar-refractivity contribution in [3.05, 3.63) is 70.6 Å². The number of aryl methyl sites for hydroxylation is 1. The summed E-state index contributed by atoms with van der Waals surface area (Å²) in [6, 6.07) is 15.7. The minimum absolute atomic E-state index is 0.254. The molecule has 0 bridgehead atoms. The van der Waals surface area contributed by atoms with Gasteiger partial charge in [-0.3, -0.25) is 4.79 Å². The van der Waals surface area contributed by atoms with Gasteiger partial charge in [-0.05, 0) is 49.7 Å². The van der Waals surface area contributed by atoms with E-state index in [2.05, 4.69) is 5.32 Å². The molecule has 0 saturated carbocycles. The first-order chi connectivity index (χ1) is 11.5. The Morgan fingerprint density at radius 3 is 2.71 bits per heavy atom. The number of fused-ring (bicyclic) bond motifs is 1. The molecule has 3 rings (SSSR count). The largest absolute Gasteiger partial charge is 0.481 e. The van der Waals surface area contributed by atoms with E-state index in [-0.39, 0.29) is 5.91 Å². The maximum Gasteiger partial charge on any atom is 0.336 e. The molecule has 1 N–H and O–H groups in total. The highest BCUT2D eigenvalue weighted by molar-refractivity contribution is 5.94. The van der Waals surface area contributed by atoms with Gasteiger partial charge in [-0.15, -0.1) is 0 Å². The number of ether oxygens (including phenoxy) is 1. The van der Waals surface area contributed by atoms with Crippen molar-refractivity contribution < 1.29 is 13.9 Å². The van der Waals surface area contributed by atoms with Crippen molar-refractivity contribution in [2.75, 3.05) is 5.32 Å². The Balaban J connectivity index is 1.72. The molecule has 5 heteroatoms. The number of carbonyl (C=O) groups excluding carboxylic acids is 1. The molecular formula is C19H17NO4. The van der Waals surface area contributed by atoms with E-state index >= 15 is 0 Å². The van der Waals surface area contributed by atoms with Crippen molar-refractivity contribution in [2.45, 2.75) is 20.0 Å². The van der Waals surface area contributed by atoms with E-state index in [1.165, 1.54) is 6.07 Å². The molecule has 3 aromatic rings. The van der Waals surface area contributed by atoms with E-state index in [0.717, 1.165) is 16.6 Å². The van der Waals surface area contributed by atoms with Crippen molar-refractivity contribution in [2.24, 2.45) is 0 Å². The van der Waals surface area contributed by atoms with Crippen LogP contribution in [0.2, 0.25) is 0 Å². The Kier molecular flexibility index (Phi) is 4.33. The Bertz CT molecular complexity index is 945. The quantitative estimate of drug-likeness (QED) is 0.746. The second-order valence-corrected chi connectivity index (χ2v) is 5.57. The number of nitrogens with one attached hydrogen (secondary N) is 1. The monoisotopic (exact) mass is 323 g/mol. The topological polar surface area (TPSA) is 68.5 Å². The van der Waals surface area contributed by atoms with Gasteiger partial charge in [-0.2, -0.15) is 0 Å². The molecule has 1 aromatic heterocycles. The fraction of sp³-hybridized carbons (Fsp3) is 0.158. The van der Waals surface area contributed by atoms with Crippen LogP contribution < -0.4 is 15.7 Å². The van der Waals surface area contributed by atoms with Crippen molar-refractivity contribution in [1.29, 1.82) is 0 Å². The summed E-state index contributed by atoms with van der Waals surface area (Å²) in [6.45, 7) is 3.62. The summed E-state index contributed by atoms with van der Waals surface area (Å²) in [5.41, 5.74) is 1.78. The van der Waals surface area contributed by atoms with Crippen molar-refractivity contribution >= 4 is 22.6 Å². The first-order valence-corrected chi connectivity index (χ1v) is 7.59. The highest BCUT2D eigenvalue weighted by atomic mass is 16.5. The molecule has 0 fully saturated rings. The molecule has 0 aliphatic carbocycles. The Hall–Kier alpha value is -3.08. The Morgan fingerprint density at radius 2 is 1.92 bits per heavy atom. The second-order valence-electron chi connectivity index (χ2n) is 5.57. The molecule has 1 heterocycles. The van der Waals surface area contributed by atoms with Crippen LogP contribution in [0.1, 0.15) is 12.5 Å². The van der Waals surface area contributed by atoms with Crippen LogP contribution in [0.3, 0.4) is 0 Å². The van der Waals surface area contributed by atoms with Crippen LogP contribution >= 0.6 is 0 Å². The lowest BCUT2D eigenvalue weighted by Crippen LogP contribution is -2.30. The van der Waals surface area contributed by atoms with Crippen LogP contribution in [-0.4, -0.2) is 12.0 Å². The van der Waals surface area contributed by atoms with Crippen LogP contribution in [0, 0.1) is 6.92 Å². The lowest BCUT2D eigenvalue weighted by molar-refractivity contribution is -0.122. The third-order valence-electron chi connectivity index (χ3n) is 3.56. The number of rotatable bonds is 4. The van der Waals surface area contributed by atoms with Gasteiger partial charge in [0.05, 0.1) is 0 Å². The lowest BCUT2D eigenvalue weighted by atomic mass is 10.2. The molecule has 0 spiro atoms. The first kappa shape index (κ1) is 15.8. The summed E-state index contributed by atoms with van der Waals surface area (Å²) in [7, 11) is 0. The van der Waals surface area contributed by atoms with Crippen LogP contribution in [0.15, 0.2) is 63.8 Å². The second kappa shape index (κ2) is 6.58. The normalized spacial score (nSPS) is 11.9. The van der Waals surface area contributed by atoms with Crippen molar-refractivity contribution in [3.63, 3.8) is 0 Å². The van der Waals surface area contributed by atoms with E-state index < -0.39 is 11.7 Å². The summed E-state index contributed by atoms with van der Waals surface area (Å²) in [6.07, 6.45) is -0.696. The third kappa shape index (κ3) is 3.63. The van der Waals surface area contributed by atoms with Crippen LogP contribution in [0.25, 0.3) is 11.0 Å². The number of hydrogen-bond acceptors (Lipinski definition) is 4. The molecule has 2 aromatic carbocycles. The highest BCUT2D eigenvalue weighted by Gasteiger charge is 2.15. The number of carbonyl (C=O) groups is 1. The molecule has 0 aliphatic rings. The number of benzene rings is 2. The molecule has 0 aliphatic heterocycles. The van der Waals surface area contributed by atoms with Gasteiger partial charge in [-0.1, -0.05) is 12.1 Å². The summed E-state index contributed by atoms with van der Waals surface area (Å²) >= 11 is 0. The predicted octanol–water partition coefficient (Wildman–Crippen LogP) is 3.51. The maximum absolute atomic E-state index is 12.2. The van der Waals surface area contributed by atoms with Gasteiger partial charge in [-0.25, -0.2) is 4.79 Å². The zero-order chi connectivity index (χ0) is 17.1. The molecule has 24 heavy (non-hydrogen) atoms. The molecule has 5 nitrogen and oxygen atoms in total. The van der Waals surface area contributed by atoms with Gasteiger partial charge in [0.1, 0.15) is 11.3 Å². The van der Waals surface area contributed by atoms with Gasteiger partial charge in [0.25, 0.3) is 5.91 Å². The molecule has 122 valence electrons. The van der Waals surface area contributed by atoms with Gasteiger partial charge < -0.3 is 14.5 Å². The van der Waals surface area contributed by atoms with E-state index in [1.54, 1.807) is 31.2 Å². The fourth-order valence-corrected chi connectivity index (χ4v) is 2.34. The van der Waals surface area contributed by atoms with E-state index in [9.17, 15) is 9.59 Å². The standard InChI is InChI=1S/C19H17NO4/c1-12-4-3-5-15(10-12)20-19(22)13(2)23-16-8-6-14-7-9-18(21)24-17(14)11-16/h3-11,13H,1-2H3,(H,20,22). The summed E-state index contributed by atoms with van der Waals surface area (Å²) < 4.78 is 10.8. The van der Waals surface area contributed by atoms with Crippen LogP contribution in [-0.2, 0) is 4.79 Å². The van der Waals surface area contributed by atoms with Crippen LogP contribution in [0.4, 0.5) is 5.69 Å². The third-order valence-corrected chi connectivity index (χ3v) is 3.56. The SMILES string of the molecule is Cc1cccc(NC(=O)C(C)Oc2ccc3ccc(=O)oc3c2)c1. The minimum atomic E-state index is -0.696. The summed E-state index contributed by atoms with van der Waals surface area (Å²) in [5.74, 6) is 0.207. The molecular weight excluding hydrogens is 306 g/mol. The predicted molar refractivity (Wildman–Crippen MR) is 92.4 cm³/mol. The average Bonchev–Trinajstić information content (AvgIpc) is 2.54. The molecule has 0 saturated heterocycles. The van der Waals surface area contributed by atoms with Gasteiger partial charge in [0.2, 0.25) is 0 Å². The highest BCUT2D eigenvalue weighted by Crippen LogP contribution is 2.21. The van der Waals surface area contributed by atoms with Crippen LogP contribution in [0.5, 0.6) is 5.75 Å². The Morgan fingerprint density at radius 1 is 1.12 bits per heavy atom. The molecule has 0 radical (unpaired) electrons. The summed E-state index contributed by atoms with van der Waals surface area (Å²) in [4.78, 5) is 23.5.